The number of carboxylic acids is 1. The van der Waals surface area contributed by atoms with Gasteiger partial charge in [0.25, 0.3) is 0 Å². The fraction of sp³-hybridized carbons (Fsp3) is 0.963. The van der Waals surface area contributed by atoms with Gasteiger partial charge in [-0.25, -0.2) is 4.79 Å². The van der Waals surface area contributed by atoms with E-state index in [4.69, 9.17) is 28.4 Å². The SMILES string of the molecule is C[C@@H]1O[C@@H](O[C@H]2[C@@H](O[C@@H]3O[C@@H](CO)[C@H](O)[C@H](O[C@H](CC4CCCCC4)C(=O)O)[C@H]3O)CCO[C@@H]2C)[C@H](O)[C@H](O)[C@@H]1O. The van der Waals surface area contributed by atoms with Gasteiger partial charge in [-0.05, 0) is 32.6 Å². The van der Waals surface area contributed by atoms with E-state index in [1.54, 1.807) is 6.92 Å². The van der Waals surface area contributed by atoms with Gasteiger partial charge >= 0.3 is 5.97 Å². The zero-order valence-electron chi connectivity index (χ0n) is 23.5. The molecular formula is C27H46O14. The molecule has 4 aliphatic rings. The van der Waals surface area contributed by atoms with Crippen molar-refractivity contribution in [2.45, 2.75) is 145 Å². The molecule has 14 heteroatoms. The first-order chi connectivity index (χ1) is 19.5. The molecule has 4 fully saturated rings. The van der Waals surface area contributed by atoms with E-state index in [-0.39, 0.29) is 25.4 Å². The van der Waals surface area contributed by atoms with Gasteiger partial charge in [-0.3, -0.25) is 0 Å². The van der Waals surface area contributed by atoms with Crippen LogP contribution in [-0.4, -0.2) is 141 Å². The molecule has 0 bridgehead atoms. The minimum Gasteiger partial charge on any atom is -0.479 e. The predicted octanol–water partition coefficient (Wildman–Crippen LogP) is -1.36. The van der Waals surface area contributed by atoms with Crippen LogP contribution in [0.4, 0.5) is 0 Å². The van der Waals surface area contributed by atoms with Crippen LogP contribution in [0.2, 0.25) is 0 Å². The Bertz CT molecular complexity index is 826. The summed E-state index contributed by atoms with van der Waals surface area (Å²) in [6.45, 7) is 2.85. The third-order valence-corrected chi connectivity index (χ3v) is 8.71. The summed E-state index contributed by atoms with van der Waals surface area (Å²) >= 11 is 0. The zero-order valence-corrected chi connectivity index (χ0v) is 23.5. The molecule has 14 atom stereocenters. The van der Waals surface area contributed by atoms with Crippen molar-refractivity contribution in [1.82, 2.24) is 0 Å². The van der Waals surface area contributed by atoms with E-state index in [1.165, 1.54) is 6.92 Å². The topological polar surface area (TPSA) is 214 Å². The summed E-state index contributed by atoms with van der Waals surface area (Å²) in [5.41, 5.74) is 0. The first-order valence-electron chi connectivity index (χ1n) is 14.6. The lowest BCUT2D eigenvalue weighted by Crippen LogP contribution is -2.63. The predicted molar refractivity (Wildman–Crippen MR) is 137 cm³/mol. The number of aliphatic carboxylic acids is 1. The Morgan fingerprint density at radius 2 is 1.49 bits per heavy atom. The molecule has 0 unspecified atom stereocenters. The molecule has 0 radical (unpaired) electrons. The number of hydrogen-bond donors (Lipinski definition) is 7. The van der Waals surface area contributed by atoms with Gasteiger partial charge in [0.2, 0.25) is 0 Å². The van der Waals surface area contributed by atoms with Crippen LogP contribution in [0.15, 0.2) is 0 Å². The molecule has 3 saturated heterocycles. The summed E-state index contributed by atoms with van der Waals surface area (Å²) in [6, 6.07) is 0. The van der Waals surface area contributed by atoms with Crippen molar-refractivity contribution >= 4 is 5.97 Å². The van der Waals surface area contributed by atoms with Crippen LogP contribution in [-0.2, 0) is 33.2 Å². The lowest BCUT2D eigenvalue weighted by Gasteiger charge is -2.46. The Hall–Kier alpha value is -1.01. The number of carbonyl (C=O) groups is 1. The lowest BCUT2D eigenvalue weighted by atomic mass is 9.85. The van der Waals surface area contributed by atoms with Crippen LogP contribution in [0.25, 0.3) is 0 Å². The molecule has 7 N–H and O–H groups in total. The van der Waals surface area contributed by atoms with Crippen molar-refractivity contribution in [3.8, 4) is 0 Å². The molecule has 3 aliphatic heterocycles. The first-order valence-corrected chi connectivity index (χ1v) is 14.6. The van der Waals surface area contributed by atoms with Crippen molar-refractivity contribution in [2.24, 2.45) is 5.92 Å². The molecule has 0 amide bonds. The highest BCUT2D eigenvalue weighted by molar-refractivity contribution is 5.72. The summed E-state index contributed by atoms with van der Waals surface area (Å²) in [6.07, 6.45) is -11.9. The van der Waals surface area contributed by atoms with Crippen molar-refractivity contribution in [1.29, 1.82) is 0 Å². The summed E-state index contributed by atoms with van der Waals surface area (Å²) < 4.78 is 34.8. The fourth-order valence-corrected chi connectivity index (χ4v) is 6.18. The van der Waals surface area contributed by atoms with Gasteiger partial charge in [0.1, 0.15) is 48.8 Å². The maximum atomic E-state index is 12.1. The van der Waals surface area contributed by atoms with E-state index in [1.807, 2.05) is 0 Å². The van der Waals surface area contributed by atoms with Gasteiger partial charge < -0.3 is 64.2 Å². The van der Waals surface area contributed by atoms with Crippen LogP contribution in [0.5, 0.6) is 0 Å². The average Bonchev–Trinajstić information content (AvgIpc) is 2.95. The highest BCUT2D eigenvalue weighted by Gasteiger charge is 2.50. The Morgan fingerprint density at radius 1 is 0.805 bits per heavy atom. The third kappa shape index (κ3) is 7.75. The molecule has 0 spiro atoms. The molecule has 4 rings (SSSR count). The number of aliphatic hydroxyl groups excluding tert-OH is 6. The third-order valence-electron chi connectivity index (χ3n) is 8.71. The van der Waals surface area contributed by atoms with Crippen LogP contribution >= 0.6 is 0 Å². The van der Waals surface area contributed by atoms with E-state index in [0.29, 0.717) is 0 Å². The number of rotatable bonds is 10. The molecule has 14 nitrogen and oxygen atoms in total. The molecule has 1 aliphatic carbocycles. The van der Waals surface area contributed by atoms with Crippen molar-refractivity contribution in [3.05, 3.63) is 0 Å². The highest BCUT2D eigenvalue weighted by Crippen LogP contribution is 2.34. The summed E-state index contributed by atoms with van der Waals surface area (Å²) in [5.74, 6) is -1.06. The molecule has 3 heterocycles. The second kappa shape index (κ2) is 14.6. The second-order valence-electron chi connectivity index (χ2n) is 11.7. The molecular weight excluding hydrogens is 548 g/mol. The first kappa shape index (κ1) is 32.9. The van der Waals surface area contributed by atoms with Crippen LogP contribution in [0.3, 0.4) is 0 Å². The van der Waals surface area contributed by atoms with Crippen molar-refractivity contribution < 1.29 is 69.0 Å². The molecule has 0 aromatic carbocycles. The molecule has 0 aromatic rings. The van der Waals surface area contributed by atoms with E-state index < -0.39 is 98.4 Å². The van der Waals surface area contributed by atoms with Crippen LogP contribution in [0, 0.1) is 5.92 Å². The Balaban J connectivity index is 1.46. The minimum absolute atomic E-state index is 0.154. The number of hydrogen-bond acceptors (Lipinski definition) is 13. The minimum atomic E-state index is -1.62. The summed E-state index contributed by atoms with van der Waals surface area (Å²) in [5, 5.41) is 72.4. The molecule has 0 aromatic heterocycles. The normalized spacial score (nSPS) is 45.3. The highest BCUT2D eigenvalue weighted by atomic mass is 16.7. The molecule has 238 valence electrons. The summed E-state index contributed by atoms with van der Waals surface area (Å²) in [4.78, 5) is 12.1. The quantitative estimate of drug-likeness (QED) is 0.156. The van der Waals surface area contributed by atoms with Gasteiger partial charge in [-0.2, -0.15) is 0 Å². The van der Waals surface area contributed by atoms with E-state index in [9.17, 15) is 40.5 Å². The Kier molecular flexibility index (Phi) is 11.7. The number of ether oxygens (including phenoxy) is 6. The van der Waals surface area contributed by atoms with Gasteiger partial charge in [0.15, 0.2) is 18.7 Å². The average molecular weight is 595 g/mol. The van der Waals surface area contributed by atoms with Gasteiger partial charge in [0, 0.05) is 6.61 Å². The number of carboxylic acid groups (broad SMARTS) is 1. The maximum absolute atomic E-state index is 12.1. The van der Waals surface area contributed by atoms with Crippen LogP contribution in [0.1, 0.15) is 58.8 Å². The van der Waals surface area contributed by atoms with Crippen molar-refractivity contribution in [2.75, 3.05) is 13.2 Å². The smallest absolute Gasteiger partial charge is 0.332 e. The van der Waals surface area contributed by atoms with E-state index in [0.717, 1.165) is 32.1 Å². The second-order valence-corrected chi connectivity index (χ2v) is 11.7. The Morgan fingerprint density at radius 3 is 2.15 bits per heavy atom. The van der Waals surface area contributed by atoms with Crippen molar-refractivity contribution in [3.63, 3.8) is 0 Å². The molecule has 41 heavy (non-hydrogen) atoms. The van der Waals surface area contributed by atoms with E-state index >= 15 is 0 Å². The van der Waals surface area contributed by atoms with E-state index in [2.05, 4.69) is 0 Å². The fourth-order valence-electron chi connectivity index (χ4n) is 6.18. The number of aliphatic hydroxyl groups is 6. The van der Waals surface area contributed by atoms with Gasteiger partial charge in [0.05, 0.1) is 24.9 Å². The standard InChI is InChI=1S/C27H46O14/c1-12-18(29)20(31)21(32)26(37-12)41-23-13(2)36-9-8-15(23)39-27-22(33)24(19(30)17(11-28)40-27)38-16(25(34)35)10-14-6-4-3-5-7-14/h12-24,26-33H,3-11H2,1-2H3,(H,34,35)/t12-,13+,15-,16+,17-,18+,19-,20+,21+,22+,23+,24-,26-,27+/m0/s1. The molecule has 1 saturated carbocycles. The Labute approximate surface area is 239 Å². The van der Waals surface area contributed by atoms with Gasteiger partial charge in [-0.15, -0.1) is 0 Å². The summed E-state index contributed by atoms with van der Waals surface area (Å²) in [7, 11) is 0. The van der Waals surface area contributed by atoms with Gasteiger partial charge in [-0.1, -0.05) is 32.1 Å². The largest absolute Gasteiger partial charge is 0.479 e. The lowest BCUT2D eigenvalue weighted by molar-refractivity contribution is -0.355. The maximum Gasteiger partial charge on any atom is 0.332 e. The van der Waals surface area contributed by atoms with Crippen LogP contribution < -0.4 is 0 Å². The zero-order chi connectivity index (χ0) is 29.8. The monoisotopic (exact) mass is 594 g/mol.